The van der Waals surface area contributed by atoms with E-state index in [1.807, 2.05) is 6.92 Å². The zero-order chi connectivity index (χ0) is 22.7. The van der Waals surface area contributed by atoms with Crippen molar-refractivity contribution in [3.63, 3.8) is 0 Å². The van der Waals surface area contributed by atoms with Gasteiger partial charge in [-0.15, -0.1) is 0 Å². The SMILES string of the molecule is CCOc1ccc(N2C(=O)/C(=C\c3ccc(C(=O)O)cc3)N=C2c2ccccc2F)cc1. The Hall–Kier alpha value is -4.26. The number of rotatable bonds is 6. The molecule has 0 radical (unpaired) electrons. The fourth-order valence-corrected chi connectivity index (χ4v) is 3.32. The van der Waals surface area contributed by atoms with Gasteiger partial charge in [-0.2, -0.15) is 0 Å². The lowest BCUT2D eigenvalue weighted by molar-refractivity contribution is -0.113. The first-order valence-electron chi connectivity index (χ1n) is 9.94. The third-order valence-electron chi connectivity index (χ3n) is 4.84. The van der Waals surface area contributed by atoms with E-state index in [0.29, 0.717) is 23.6 Å². The van der Waals surface area contributed by atoms with Crippen molar-refractivity contribution in [1.29, 1.82) is 0 Å². The molecule has 3 aromatic carbocycles. The summed E-state index contributed by atoms with van der Waals surface area (Å²) in [5.74, 6) is -1.13. The van der Waals surface area contributed by atoms with Crippen molar-refractivity contribution in [3.05, 3.63) is 101 Å². The number of aliphatic imine (C=N–C) groups is 1. The number of amides is 1. The first-order valence-corrected chi connectivity index (χ1v) is 9.94. The predicted octanol–water partition coefficient (Wildman–Crippen LogP) is 4.76. The molecule has 0 aromatic heterocycles. The Morgan fingerprint density at radius 3 is 2.38 bits per heavy atom. The quantitative estimate of drug-likeness (QED) is 0.572. The van der Waals surface area contributed by atoms with Crippen LogP contribution in [0.2, 0.25) is 0 Å². The maximum Gasteiger partial charge on any atom is 0.335 e. The van der Waals surface area contributed by atoms with Crippen molar-refractivity contribution in [2.45, 2.75) is 6.92 Å². The first kappa shape index (κ1) is 21.0. The number of carbonyl (C=O) groups excluding carboxylic acids is 1. The largest absolute Gasteiger partial charge is 0.494 e. The van der Waals surface area contributed by atoms with Gasteiger partial charge in [0.2, 0.25) is 0 Å². The number of hydrogen-bond acceptors (Lipinski definition) is 4. The van der Waals surface area contributed by atoms with Crippen LogP contribution in [0.3, 0.4) is 0 Å². The maximum atomic E-state index is 14.6. The molecule has 6 nitrogen and oxygen atoms in total. The monoisotopic (exact) mass is 430 g/mol. The molecule has 0 saturated heterocycles. The lowest BCUT2D eigenvalue weighted by atomic mass is 10.1. The second kappa shape index (κ2) is 8.85. The van der Waals surface area contributed by atoms with Gasteiger partial charge in [0.15, 0.2) is 5.84 Å². The van der Waals surface area contributed by atoms with Gasteiger partial charge in [0.1, 0.15) is 17.3 Å². The van der Waals surface area contributed by atoms with Crippen LogP contribution >= 0.6 is 0 Å². The highest BCUT2D eigenvalue weighted by Crippen LogP contribution is 2.30. The molecule has 0 spiro atoms. The standard InChI is InChI=1S/C25H19FN2O4/c1-2-32-19-13-11-18(12-14-19)28-23(20-5-3-4-6-21(20)26)27-22(24(28)29)15-16-7-9-17(10-8-16)25(30)31/h3-15H,2H2,1H3,(H,30,31)/b22-15+. The number of aromatic carboxylic acids is 1. The molecule has 0 atom stereocenters. The number of hydrogen-bond donors (Lipinski definition) is 1. The van der Waals surface area contributed by atoms with E-state index in [4.69, 9.17) is 9.84 Å². The van der Waals surface area contributed by atoms with E-state index >= 15 is 0 Å². The third-order valence-corrected chi connectivity index (χ3v) is 4.84. The number of carboxylic acid groups (broad SMARTS) is 1. The second-order valence-electron chi connectivity index (χ2n) is 6.94. The minimum Gasteiger partial charge on any atom is -0.494 e. The van der Waals surface area contributed by atoms with Gasteiger partial charge in [-0.25, -0.2) is 14.2 Å². The number of carbonyl (C=O) groups is 2. The van der Waals surface area contributed by atoms with Crippen LogP contribution in [0.4, 0.5) is 10.1 Å². The van der Waals surface area contributed by atoms with E-state index in [-0.39, 0.29) is 22.7 Å². The zero-order valence-corrected chi connectivity index (χ0v) is 17.2. The van der Waals surface area contributed by atoms with Crippen molar-refractivity contribution < 1.29 is 23.8 Å². The summed E-state index contributed by atoms with van der Waals surface area (Å²) in [4.78, 5) is 30.1. The molecule has 0 fully saturated rings. The predicted molar refractivity (Wildman–Crippen MR) is 119 cm³/mol. The Labute approximate surface area is 183 Å². The van der Waals surface area contributed by atoms with Gasteiger partial charge >= 0.3 is 5.97 Å². The second-order valence-corrected chi connectivity index (χ2v) is 6.94. The van der Waals surface area contributed by atoms with Gasteiger partial charge in [-0.05, 0) is 67.1 Å². The van der Waals surface area contributed by atoms with Crippen molar-refractivity contribution in [1.82, 2.24) is 0 Å². The fourth-order valence-electron chi connectivity index (χ4n) is 3.32. The summed E-state index contributed by atoms with van der Waals surface area (Å²) in [5, 5.41) is 9.06. The Morgan fingerprint density at radius 2 is 1.75 bits per heavy atom. The summed E-state index contributed by atoms with van der Waals surface area (Å²) in [6, 6.07) is 19.1. The molecule has 1 N–H and O–H groups in total. The summed E-state index contributed by atoms with van der Waals surface area (Å²) in [6.45, 7) is 2.39. The van der Waals surface area contributed by atoms with E-state index in [9.17, 15) is 14.0 Å². The summed E-state index contributed by atoms with van der Waals surface area (Å²) in [5.41, 5.74) is 1.56. The third kappa shape index (κ3) is 4.13. The number of ether oxygens (including phenoxy) is 1. The maximum absolute atomic E-state index is 14.6. The van der Waals surface area contributed by atoms with Crippen molar-refractivity contribution >= 4 is 29.5 Å². The van der Waals surface area contributed by atoms with Gasteiger partial charge in [0.25, 0.3) is 5.91 Å². The van der Waals surface area contributed by atoms with E-state index in [1.165, 1.54) is 23.1 Å². The van der Waals surface area contributed by atoms with Crippen LogP contribution in [0, 0.1) is 5.82 Å². The Bertz CT molecular complexity index is 1230. The lowest BCUT2D eigenvalue weighted by Crippen LogP contribution is -2.33. The Kier molecular flexibility index (Phi) is 5.81. The van der Waals surface area contributed by atoms with Crippen LogP contribution < -0.4 is 9.64 Å². The summed E-state index contributed by atoms with van der Waals surface area (Å²) >= 11 is 0. The topological polar surface area (TPSA) is 79.2 Å². The van der Waals surface area contributed by atoms with Gasteiger partial charge in [0.05, 0.1) is 23.4 Å². The van der Waals surface area contributed by atoms with Gasteiger partial charge in [-0.1, -0.05) is 24.3 Å². The molecule has 3 aromatic rings. The van der Waals surface area contributed by atoms with E-state index in [2.05, 4.69) is 4.99 Å². The molecule has 0 unspecified atom stereocenters. The normalized spacial score (nSPS) is 14.6. The molecule has 1 heterocycles. The molecule has 4 rings (SSSR count). The van der Waals surface area contributed by atoms with Crippen LogP contribution in [-0.2, 0) is 4.79 Å². The Balaban J connectivity index is 1.77. The molecule has 160 valence electrons. The number of benzene rings is 3. The average molecular weight is 430 g/mol. The van der Waals surface area contributed by atoms with Crippen molar-refractivity contribution in [3.8, 4) is 5.75 Å². The van der Waals surface area contributed by atoms with Gasteiger partial charge in [0, 0.05) is 0 Å². The smallest absolute Gasteiger partial charge is 0.335 e. The highest BCUT2D eigenvalue weighted by Gasteiger charge is 2.33. The van der Waals surface area contributed by atoms with E-state index in [0.717, 1.165) is 0 Å². The van der Waals surface area contributed by atoms with Crippen LogP contribution in [0.1, 0.15) is 28.4 Å². The summed E-state index contributed by atoms with van der Waals surface area (Å²) < 4.78 is 20.0. The van der Waals surface area contributed by atoms with Crippen molar-refractivity contribution in [2.24, 2.45) is 4.99 Å². The first-order chi connectivity index (χ1) is 15.5. The van der Waals surface area contributed by atoms with Crippen LogP contribution in [-0.4, -0.2) is 29.4 Å². The number of anilines is 1. The fraction of sp³-hybridized carbons (Fsp3) is 0.0800. The molecular weight excluding hydrogens is 411 g/mol. The van der Waals surface area contributed by atoms with Crippen molar-refractivity contribution in [2.75, 3.05) is 11.5 Å². The molecule has 0 aliphatic carbocycles. The average Bonchev–Trinajstić information content (AvgIpc) is 3.11. The van der Waals surface area contributed by atoms with E-state index < -0.39 is 17.7 Å². The molecule has 1 amide bonds. The number of amidine groups is 1. The van der Waals surface area contributed by atoms with Gasteiger partial charge in [-0.3, -0.25) is 9.69 Å². The molecule has 7 heteroatoms. The molecule has 0 saturated carbocycles. The molecule has 1 aliphatic heterocycles. The lowest BCUT2D eigenvalue weighted by Gasteiger charge is -2.19. The number of carboxylic acids is 1. The molecule has 32 heavy (non-hydrogen) atoms. The molecule has 1 aliphatic rings. The zero-order valence-electron chi connectivity index (χ0n) is 17.2. The van der Waals surface area contributed by atoms with Crippen LogP contribution in [0.25, 0.3) is 6.08 Å². The van der Waals surface area contributed by atoms with E-state index in [1.54, 1.807) is 60.7 Å². The van der Waals surface area contributed by atoms with Crippen LogP contribution in [0.5, 0.6) is 5.75 Å². The minimum absolute atomic E-state index is 0.111. The molecule has 0 bridgehead atoms. The van der Waals surface area contributed by atoms with Crippen LogP contribution in [0.15, 0.2) is 83.5 Å². The number of nitrogens with zero attached hydrogens (tertiary/aromatic N) is 2. The number of halogens is 1. The minimum atomic E-state index is -1.04. The molecular formula is C25H19FN2O4. The summed E-state index contributed by atoms with van der Waals surface area (Å²) in [7, 11) is 0. The van der Waals surface area contributed by atoms with Gasteiger partial charge < -0.3 is 9.84 Å². The Morgan fingerprint density at radius 1 is 1.06 bits per heavy atom. The highest BCUT2D eigenvalue weighted by atomic mass is 19.1. The summed E-state index contributed by atoms with van der Waals surface area (Å²) in [6.07, 6.45) is 1.55. The highest BCUT2D eigenvalue weighted by molar-refractivity contribution is 6.33.